The van der Waals surface area contributed by atoms with Gasteiger partial charge < -0.3 is 5.73 Å². The lowest BCUT2D eigenvalue weighted by molar-refractivity contribution is 0.571. The lowest BCUT2D eigenvalue weighted by Crippen LogP contribution is -2.06. The van der Waals surface area contributed by atoms with Gasteiger partial charge in [0.1, 0.15) is 5.82 Å². The van der Waals surface area contributed by atoms with Crippen LogP contribution in [0, 0.1) is 11.2 Å². The van der Waals surface area contributed by atoms with Crippen molar-refractivity contribution in [3.63, 3.8) is 0 Å². The third kappa shape index (κ3) is 1.39. The van der Waals surface area contributed by atoms with Crippen molar-refractivity contribution in [2.24, 2.45) is 11.1 Å². The Bertz CT molecular complexity index is 376. The molecule has 2 N–H and O–H groups in total. The van der Waals surface area contributed by atoms with Crippen LogP contribution < -0.4 is 5.73 Å². The summed E-state index contributed by atoms with van der Waals surface area (Å²) >= 11 is 3.24. The zero-order chi connectivity index (χ0) is 10.5. The number of benzene rings is 1. The van der Waals surface area contributed by atoms with Crippen LogP contribution in [0.2, 0.25) is 0 Å². The van der Waals surface area contributed by atoms with Gasteiger partial charge in [0.05, 0.1) is 0 Å². The van der Waals surface area contributed by atoms with E-state index >= 15 is 0 Å². The Morgan fingerprint density at radius 2 is 2.00 bits per heavy atom. The molecular weight excluding hydrogens is 245 g/mol. The minimum atomic E-state index is -0.162. The summed E-state index contributed by atoms with van der Waals surface area (Å²) in [5.41, 5.74) is 6.68. The van der Waals surface area contributed by atoms with E-state index in [1.165, 1.54) is 6.07 Å². The fraction of sp³-hybridized carbons (Fsp3) is 0.455. The van der Waals surface area contributed by atoms with Crippen LogP contribution in [0.3, 0.4) is 0 Å². The maximum atomic E-state index is 13.6. The molecule has 76 valence electrons. The summed E-state index contributed by atoms with van der Waals surface area (Å²) in [4.78, 5) is 0. The van der Waals surface area contributed by atoms with Crippen LogP contribution >= 0.6 is 15.9 Å². The Kier molecular flexibility index (Phi) is 2.20. The number of hydrogen-bond acceptors (Lipinski definition) is 1. The normalized spacial score (nSPS) is 28.9. The monoisotopic (exact) mass is 257 g/mol. The highest BCUT2D eigenvalue weighted by molar-refractivity contribution is 9.10. The minimum Gasteiger partial charge on any atom is -0.327 e. The van der Waals surface area contributed by atoms with E-state index in [9.17, 15) is 4.39 Å². The van der Waals surface area contributed by atoms with E-state index in [1.807, 2.05) is 12.1 Å². The molecule has 2 rings (SSSR count). The third-order valence-corrected chi connectivity index (χ3v) is 3.70. The number of nitrogens with two attached hydrogens (primary N) is 1. The van der Waals surface area contributed by atoms with Gasteiger partial charge in [-0.15, -0.1) is 0 Å². The molecule has 0 saturated heterocycles. The van der Waals surface area contributed by atoms with Gasteiger partial charge in [0, 0.05) is 16.4 Å². The first kappa shape index (κ1) is 10.1. The second kappa shape index (κ2) is 3.04. The molecule has 1 aliphatic carbocycles. The van der Waals surface area contributed by atoms with Crippen LogP contribution in [0.1, 0.15) is 25.3 Å². The molecule has 0 amide bonds. The number of hydrogen-bond donors (Lipinski definition) is 1. The molecule has 0 aliphatic heterocycles. The van der Waals surface area contributed by atoms with Crippen molar-refractivity contribution in [2.45, 2.75) is 25.8 Å². The molecule has 14 heavy (non-hydrogen) atoms. The van der Waals surface area contributed by atoms with E-state index in [4.69, 9.17) is 5.73 Å². The first-order valence-electron chi connectivity index (χ1n) is 4.65. The van der Waals surface area contributed by atoms with Gasteiger partial charge in [-0.05, 0) is 23.1 Å². The SMILES string of the molecule is CC1(C)[C@H](N)[C@H]1c1ccc(Br)cc1F. The molecule has 2 atom stereocenters. The van der Waals surface area contributed by atoms with Gasteiger partial charge in [-0.25, -0.2) is 4.39 Å². The van der Waals surface area contributed by atoms with Crippen molar-refractivity contribution in [1.29, 1.82) is 0 Å². The molecule has 0 unspecified atom stereocenters. The van der Waals surface area contributed by atoms with Crippen LogP contribution in [0.15, 0.2) is 22.7 Å². The smallest absolute Gasteiger partial charge is 0.127 e. The molecular formula is C11H13BrFN. The molecule has 0 bridgehead atoms. The molecule has 1 saturated carbocycles. The van der Waals surface area contributed by atoms with E-state index < -0.39 is 0 Å². The predicted octanol–water partition coefficient (Wildman–Crippen LogP) is 3.04. The summed E-state index contributed by atoms with van der Waals surface area (Å²) in [6, 6.07) is 5.26. The van der Waals surface area contributed by atoms with E-state index in [-0.39, 0.29) is 23.2 Å². The molecule has 1 aliphatic rings. The van der Waals surface area contributed by atoms with Crippen molar-refractivity contribution >= 4 is 15.9 Å². The fourth-order valence-electron chi connectivity index (χ4n) is 2.03. The summed E-state index contributed by atoms with van der Waals surface area (Å²) in [6.45, 7) is 4.15. The molecule has 0 heterocycles. The average Bonchev–Trinajstić information content (AvgIpc) is 2.54. The van der Waals surface area contributed by atoms with Gasteiger partial charge in [-0.2, -0.15) is 0 Å². The lowest BCUT2D eigenvalue weighted by Gasteiger charge is -2.04. The van der Waals surface area contributed by atoms with Gasteiger partial charge in [-0.3, -0.25) is 0 Å². The zero-order valence-electron chi connectivity index (χ0n) is 8.22. The van der Waals surface area contributed by atoms with Gasteiger partial charge in [0.2, 0.25) is 0 Å². The largest absolute Gasteiger partial charge is 0.327 e. The van der Waals surface area contributed by atoms with E-state index in [0.717, 1.165) is 10.0 Å². The van der Waals surface area contributed by atoms with Gasteiger partial charge >= 0.3 is 0 Å². The Hall–Kier alpha value is -0.410. The summed E-state index contributed by atoms with van der Waals surface area (Å²) in [5.74, 6) is 0.000926. The topological polar surface area (TPSA) is 26.0 Å². The number of rotatable bonds is 1. The molecule has 1 aromatic carbocycles. The van der Waals surface area contributed by atoms with E-state index in [0.29, 0.717) is 0 Å². The van der Waals surface area contributed by atoms with Crippen molar-refractivity contribution in [1.82, 2.24) is 0 Å². The van der Waals surface area contributed by atoms with Crippen LogP contribution in [0.5, 0.6) is 0 Å². The van der Waals surface area contributed by atoms with Crippen molar-refractivity contribution in [3.05, 3.63) is 34.1 Å². The molecule has 1 nitrogen and oxygen atoms in total. The quantitative estimate of drug-likeness (QED) is 0.823. The van der Waals surface area contributed by atoms with Crippen LogP contribution in [-0.4, -0.2) is 6.04 Å². The van der Waals surface area contributed by atoms with Crippen LogP contribution in [-0.2, 0) is 0 Å². The zero-order valence-corrected chi connectivity index (χ0v) is 9.81. The molecule has 0 aromatic heterocycles. The van der Waals surface area contributed by atoms with E-state index in [1.54, 1.807) is 0 Å². The summed E-state index contributed by atoms with van der Waals surface area (Å²) in [7, 11) is 0. The standard InChI is InChI=1S/C11H13BrFN/c1-11(2)9(10(11)14)7-4-3-6(12)5-8(7)13/h3-5,9-10H,14H2,1-2H3/t9-,10-/m1/s1. The Morgan fingerprint density at radius 1 is 1.43 bits per heavy atom. The first-order valence-corrected chi connectivity index (χ1v) is 5.44. The summed E-state index contributed by atoms with van der Waals surface area (Å²) in [6.07, 6.45) is 0. The lowest BCUT2D eigenvalue weighted by atomic mass is 10.0. The van der Waals surface area contributed by atoms with Crippen LogP contribution in [0.4, 0.5) is 4.39 Å². The molecule has 1 aromatic rings. The third-order valence-electron chi connectivity index (χ3n) is 3.21. The van der Waals surface area contributed by atoms with Gasteiger partial charge in [0.15, 0.2) is 0 Å². The predicted molar refractivity (Wildman–Crippen MR) is 58.6 cm³/mol. The Balaban J connectivity index is 2.36. The average molecular weight is 258 g/mol. The second-order valence-corrected chi connectivity index (χ2v) is 5.41. The first-order chi connectivity index (χ1) is 6.44. The molecule has 0 radical (unpaired) electrons. The van der Waals surface area contributed by atoms with Crippen LogP contribution in [0.25, 0.3) is 0 Å². The molecule has 1 fully saturated rings. The number of halogens is 2. The minimum absolute atomic E-state index is 0.0364. The Morgan fingerprint density at radius 3 is 2.43 bits per heavy atom. The summed E-state index contributed by atoms with van der Waals surface area (Å²) in [5, 5.41) is 0. The second-order valence-electron chi connectivity index (χ2n) is 4.49. The van der Waals surface area contributed by atoms with Crippen molar-refractivity contribution in [3.8, 4) is 0 Å². The summed E-state index contributed by atoms with van der Waals surface area (Å²) < 4.78 is 14.3. The van der Waals surface area contributed by atoms with Crippen molar-refractivity contribution < 1.29 is 4.39 Å². The molecule has 3 heteroatoms. The van der Waals surface area contributed by atoms with Gasteiger partial charge in [0.25, 0.3) is 0 Å². The Labute approximate surface area is 91.6 Å². The van der Waals surface area contributed by atoms with Gasteiger partial charge in [-0.1, -0.05) is 35.8 Å². The highest BCUT2D eigenvalue weighted by Gasteiger charge is 2.56. The fourth-order valence-corrected chi connectivity index (χ4v) is 2.36. The maximum Gasteiger partial charge on any atom is 0.127 e. The van der Waals surface area contributed by atoms with Crippen molar-refractivity contribution in [2.75, 3.05) is 0 Å². The highest BCUT2D eigenvalue weighted by Crippen LogP contribution is 2.57. The molecule has 0 spiro atoms. The van der Waals surface area contributed by atoms with E-state index in [2.05, 4.69) is 29.8 Å². The maximum absolute atomic E-state index is 13.6. The highest BCUT2D eigenvalue weighted by atomic mass is 79.9.